The predicted octanol–water partition coefficient (Wildman–Crippen LogP) is 2.42. The number of carbonyl (C=O) groups excluding carboxylic acids is 1. The molecule has 1 aliphatic heterocycles. The van der Waals surface area contributed by atoms with Gasteiger partial charge in [0, 0.05) is 12.7 Å². The van der Waals surface area contributed by atoms with Gasteiger partial charge in [0.05, 0.1) is 24.5 Å². The first-order chi connectivity index (χ1) is 11.7. The number of likely N-dealkylation sites (tertiary alicyclic amines) is 1. The van der Waals surface area contributed by atoms with E-state index in [1.54, 1.807) is 23.2 Å². The second-order valence-electron chi connectivity index (χ2n) is 5.38. The first kappa shape index (κ1) is 16.6. The largest absolute Gasteiger partial charge is 0.458 e. The van der Waals surface area contributed by atoms with E-state index in [1.807, 2.05) is 6.26 Å². The minimum Gasteiger partial charge on any atom is -0.458 e. The van der Waals surface area contributed by atoms with Crippen molar-refractivity contribution in [2.45, 2.75) is 24.0 Å². The quantitative estimate of drug-likeness (QED) is 0.791. The van der Waals surface area contributed by atoms with Gasteiger partial charge >= 0.3 is 6.01 Å². The first-order valence-corrected chi connectivity index (χ1v) is 8.82. The molecule has 126 valence electrons. The molecule has 0 bridgehead atoms. The molecule has 24 heavy (non-hydrogen) atoms. The molecule has 0 saturated carbocycles. The van der Waals surface area contributed by atoms with E-state index in [4.69, 9.17) is 4.74 Å². The maximum Gasteiger partial charge on any atom is 0.316 e. The zero-order valence-corrected chi connectivity index (χ0v) is 14.0. The lowest BCUT2D eigenvalue weighted by atomic mass is 10.1. The van der Waals surface area contributed by atoms with Crippen molar-refractivity contribution in [2.24, 2.45) is 0 Å². The standard InChI is InChI=1S/C16H17FN4O2S/c1-24-14-13(5-2-6-18-14)15(22)21-7-3-4-12(10-21)23-16-19-8-11(17)9-20-16/h2,5-6,8-9,12H,3-4,7,10H2,1H3/t12-/m1/s1. The smallest absolute Gasteiger partial charge is 0.316 e. The van der Waals surface area contributed by atoms with E-state index in [0.29, 0.717) is 23.7 Å². The van der Waals surface area contributed by atoms with E-state index in [0.717, 1.165) is 25.2 Å². The van der Waals surface area contributed by atoms with Gasteiger partial charge in [-0.05, 0) is 31.2 Å². The SMILES string of the molecule is CSc1ncccc1C(=O)N1CCC[C@@H](Oc2ncc(F)cn2)C1. The van der Waals surface area contributed by atoms with Crippen molar-refractivity contribution in [1.82, 2.24) is 19.9 Å². The highest BCUT2D eigenvalue weighted by Crippen LogP contribution is 2.22. The van der Waals surface area contributed by atoms with Gasteiger partial charge in [0.15, 0.2) is 5.82 Å². The average molecular weight is 348 g/mol. The van der Waals surface area contributed by atoms with E-state index in [2.05, 4.69) is 15.0 Å². The fourth-order valence-electron chi connectivity index (χ4n) is 2.62. The topological polar surface area (TPSA) is 68.2 Å². The highest BCUT2D eigenvalue weighted by molar-refractivity contribution is 7.98. The zero-order chi connectivity index (χ0) is 16.9. The molecular formula is C16H17FN4O2S. The lowest BCUT2D eigenvalue weighted by Crippen LogP contribution is -2.44. The monoisotopic (exact) mass is 348 g/mol. The van der Waals surface area contributed by atoms with Crippen LogP contribution in [0.5, 0.6) is 6.01 Å². The summed E-state index contributed by atoms with van der Waals surface area (Å²) >= 11 is 1.45. The number of thioether (sulfide) groups is 1. The van der Waals surface area contributed by atoms with Gasteiger partial charge in [-0.25, -0.2) is 19.3 Å². The molecule has 0 aliphatic carbocycles. The van der Waals surface area contributed by atoms with Crippen molar-refractivity contribution in [3.8, 4) is 6.01 Å². The Balaban J connectivity index is 1.68. The number of nitrogens with zero attached hydrogens (tertiary/aromatic N) is 4. The number of carbonyl (C=O) groups is 1. The van der Waals surface area contributed by atoms with Gasteiger partial charge in [0.1, 0.15) is 11.1 Å². The van der Waals surface area contributed by atoms with Crippen LogP contribution in [0.15, 0.2) is 35.7 Å². The lowest BCUT2D eigenvalue weighted by Gasteiger charge is -2.32. The summed E-state index contributed by atoms with van der Waals surface area (Å²) in [7, 11) is 0. The van der Waals surface area contributed by atoms with Gasteiger partial charge in [0.25, 0.3) is 5.91 Å². The second-order valence-corrected chi connectivity index (χ2v) is 6.17. The van der Waals surface area contributed by atoms with Gasteiger partial charge in [0.2, 0.25) is 0 Å². The third-order valence-corrected chi connectivity index (χ3v) is 4.44. The predicted molar refractivity (Wildman–Crippen MR) is 87.6 cm³/mol. The van der Waals surface area contributed by atoms with Crippen molar-refractivity contribution in [3.63, 3.8) is 0 Å². The minimum absolute atomic E-state index is 0.0548. The molecule has 3 heterocycles. The molecule has 0 spiro atoms. The van der Waals surface area contributed by atoms with E-state index < -0.39 is 5.82 Å². The lowest BCUT2D eigenvalue weighted by molar-refractivity contribution is 0.0511. The Kier molecular flexibility index (Phi) is 5.24. The molecule has 1 fully saturated rings. The van der Waals surface area contributed by atoms with Crippen molar-refractivity contribution < 1.29 is 13.9 Å². The molecule has 2 aromatic rings. The number of aromatic nitrogens is 3. The van der Waals surface area contributed by atoms with Gasteiger partial charge in [-0.1, -0.05) is 0 Å². The molecule has 1 aliphatic rings. The van der Waals surface area contributed by atoms with Gasteiger partial charge in [-0.15, -0.1) is 11.8 Å². The van der Waals surface area contributed by atoms with Crippen LogP contribution in [0.1, 0.15) is 23.2 Å². The molecule has 0 N–H and O–H groups in total. The van der Waals surface area contributed by atoms with E-state index in [9.17, 15) is 9.18 Å². The van der Waals surface area contributed by atoms with Crippen LogP contribution < -0.4 is 4.74 Å². The fourth-order valence-corrected chi connectivity index (χ4v) is 3.16. The third kappa shape index (κ3) is 3.81. The van der Waals surface area contributed by atoms with Crippen molar-refractivity contribution >= 4 is 17.7 Å². The summed E-state index contributed by atoms with van der Waals surface area (Å²) in [5, 5.41) is 0.715. The summed E-state index contributed by atoms with van der Waals surface area (Å²) in [5.74, 6) is -0.565. The summed E-state index contributed by atoms with van der Waals surface area (Å²) in [5.41, 5.74) is 0.601. The maximum atomic E-state index is 12.9. The molecule has 3 rings (SSSR count). The molecule has 8 heteroatoms. The number of rotatable bonds is 4. The van der Waals surface area contributed by atoms with Crippen molar-refractivity contribution in [3.05, 3.63) is 42.1 Å². The van der Waals surface area contributed by atoms with Gasteiger partial charge in [-0.2, -0.15) is 0 Å². The van der Waals surface area contributed by atoms with Crippen LogP contribution in [-0.4, -0.2) is 51.2 Å². The Morgan fingerprint density at radius 2 is 2.17 bits per heavy atom. The van der Waals surface area contributed by atoms with Crippen LogP contribution in [0.3, 0.4) is 0 Å². The molecule has 1 amide bonds. The highest BCUT2D eigenvalue weighted by atomic mass is 32.2. The van der Waals surface area contributed by atoms with Gasteiger partial charge < -0.3 is 9.64 Å². The van der Waals surface area contributed by atoms with Crippen LogP contribution in [0.25, 0.3) is 0 Å². The summed E-state index contributed by atoms with van der Waals surface area (Å²) in [6.07, 6.45) is 7.12. The highest BCUT2D eigenvalue weighted by Gasteiger charge is 2.27. The molecule has 2 aromatic heterocycles. The number of ether oxygens (including phenoxy) is 1. The molecule has 1 atom stereocenters. The van der Waals surface area contributed by atoms with Crippen LogP contribution in [0, 0.1) is 5.82 Å². The Bertz CT molecular complexity index is 713. The van der Waals surface area contributed by atoms with Crippen molar-refractivity contribution in [1.29, 1.82) is 0 Å². The number of piperidine rings is 1. The molecule has 0 unspecified atom stereocenters. The summed E-state index contributed by atoms with van der Waals surface area (Å²) in [6.45, 7) is 1.12. The Morgan fingerprint density at radius 1 is 1.38 bits per heavy atom. The first-order valence-electron chi connectivity index (χ1n) is 7.60. The molecule has 0 aromatic carbocycles. The van der Waals surface area contributed by atoms with Crippen LogP contribution in [-0.2, 0) is 0 Å². The summed E-state index contributed by atoms with van der Waals surface area (Å²) in [4.78, 5) is 26.4. The van der Waals surface area contributed by atoms with E-state index >= 15 is 0 Å². The number of hydrogen-bond donors (Lipinski definition) is 0. The number of hydrogen-bond acceptors (Lipinski definition) is 6. The zero-order valence-electron chi connectivity index (χ0n) is 13.2. The summed E-state index contributed by atoms with van der Waals surface area (Å²) in [6, 6.07) is 3.67. The van der Waals surface area contributed by atoms with Crippen molar-refractivity contribution in [2.75, 3.05) is 19.3 Å². The van der Waals surface area contributed by atoms with Gasteiger partial charge in [-0.3, -0.25) is 4.79 Å². The fraction of sp³-hybridized carbons (Fsp3) is 0.375. The molecular weight excluding hydrogens is 331 g/mol. The Hall–Kier alpha value is -2.22. The molecule has 1 saturated heterocycles. The van der Waals surface area contributed by atoms with E-state index in [1.165, 1.54) is 11.8 Å². The normalized spacial score (nSPS) is 17.6. The number of halogens is 1. The second kappa shape index (κ2) is 7.57. The number of pyridine rings is 1. The maximum absolute atomic E-state index is 12.9. The minimum atomic E-state index is -0.510. The van der Waals surface area contributed by atoms with Crippen LogP contribution in [0.2, 0.25) is 0 Å². The third-order valence-electron chi connectivity index (χ3n) is 3.73. The summed E-state index contributed by atoms with van der Waals surface area (Å²) < 4.78 is 18.5. The Morgan fingerprint density at radius 3 is 2.92 bits per heavy atom. The molecule has 6 nitrogen and oxygen atoms in total. The van der Waals surface area contributed by atoms with Crippen LogP contribution in [0.4, 0.5) is 4.39 Å². The van der Waals surface area contributed by atoms with Crippen LogP contribution >= 0.6 is 11.8 Å². The number of amides is 1. The molecule has 0 radical (unpaired) electrons. The van der Waals surface area contributed by atoms with E-state index in [-0.39, 0.29) is 18.0 Å². The Labute approximate surface area is 143 Å². The average Bonchev–Trinajstić information content (AvgIpc) is 2.63.